The molecule has 0 aliphatic heterocycles. The van der Waals surface area contributed by atoms with Crippen LogP contribution in [0.1, 0.15) is 89.7 Å². The van der Waals surface area contributed by atoms with E-state index in [1.165, 1.54) is 19.3 Å². The first-order valence-corrected chi connectivity index (χ1v) is 12.3. The van der Waals surface area contributed by atoms with E-state index in [4.69, 9.17) is 0 Å². The van der Waals surface area contributed by atoms with Crippen molar-refractivity contribution in [3.63, 3.8) is 0 Å². The van der Waals surface area contributed by atoms with Gasteiger partial charge in [0.15, 0.2) is 5.82 Å². The summed E-state index contributed by atoms with van der Waals surface area (Å²) < 4.78 is 1.96. The summed E-state index contributed by atoms with van der Waals surface area (Å²) in [7, 11) is 0. The molecule has 4 rings (SSSR count). The topological polar surface area (TPSA) is 79.7 Å². The number of rotatable bonds is 6. The average molecular weight is 451 g/mol. The van der Waals surface area contributed by atoms with Crippen molar-refractivity contribution in [1.29, 1.82) is 0 Å². The molecule has 1 saturated carbocycles. The minimum Gasteiger partial charge on any atom is -0.322 e. The monoisotopic (exact) mass is 450 g/mol. The molecule has 1 aliphatic rings. The van der Waals surface area contributed by atoms with Crippen LogP contribution in [0.2, 0.25) is 0 Å². The van der Waals surface area contributed by atoms with E-state index in [2.05, 4.69) is 78.2 Å². The first kappa shape index (κ1) is 23.6. The summed E-state index contributed by atoms with van der Waals surface area (Å²) in [5.41, 5.74) is 2.61. The lowest BCUT2D eigenvalue weighted by Gasteiger charge is -2.41. The Kier molecular flexibility index (Phi) is 6.71. The minimum atomic E-state index is -0.220. The predicted octanol–water partition coefficient (Wildman–Crippen LogP) is 5.11. The lowest BCUT2D eigenvalue weighted by atomic mass is 9.90. The normalized spacial score (nSPS) is 16.7. The van der Waals surface area contributed by atoms with Crippen molar-refractivity contribution in [3.8, 4) is 0 Å². The molecular weight excluding hydrogens is 412 g/mol. The zero-order valence-electron chi connectivity index (χ0n) is 20.9. The Morgan fingerprint density at radius 2 is 1.88 bits per heavy atom. The Bertz CT molecular complexity index is 1150. The van der Waals surface area contributed by atoms with Crippen LogP contribution in [0.15, 0.2) is 29.1 Å². The number of hydrogen-bond acceptors (Lipinski definition) is 5. The predicted molar refractivity (Wildman–Crippen MR) is 132 cm³/mol. The molecule has 2 heterocycles. The molecule has 33 heavy (non-hydrogen) atoms. The second-order valence-corrected chi connectivity index (χ2v) is 11.0. The molecule has 3 aromatic rings. The number of hydrogen-bond donors (Lipinski definition) is 1. The lowest BCUT2D eigenvalue weighted by molar-refractivity contribution is 0.0580. The highest BCUT2D eigenvalue weighted by atomic mass is 16.1. The summed E-state index contributed by atoms with van der Waals surface area (Å²) in [6, 6.07) is 8.72. The summed E-state index contributed by atoms with van der Waals surface area (Å²) >= 11 is 0. The summed E-state index contributed by atoms with van der Waals surface area (Å²) in [5.74, 6) is 1.18. The van der Waals surface area contributed by atoms with Crippen LogP contribution in [-0.4, -0.2) is 36.1 Å². The summed E-state index contributed by atoms with van der Waals surface area (Å²) in [4.78, 5) is 18.8. The standard InChI is InChI=1S/C26H38N6O/c1-17(2)23(24-28-29-30-32(24)26(4,5)6)31(21-10-8-7-9-11-21)16-20-15-19-13-12-18(3)14-22(19)27-25(20)33/h12-15,17,21,23H,7-11,16H2,1-6H3,(H,27,33)/t23-/m1/s1. The van der Waals surface area contributed by atoms with Gasteiger partial charge in [-0.15, -0.1) is 5.10 Å². The van der Waals surface area contributed by atoms with Gasteiger partial charge >= 0.3 is 0 Å². The van der Waals surface area contributed by atoms with Gasteiger partial charge in [0.05, 0.1) is 11.6 Å². The molecule has 7 nitrogen and oxygen atoms in total. The highest BCUT2D eigenvalue weighted by Gasteiger charge is 2.36. The van der Waals surface area contributed by atoms with Gasteiger partial charge in [0, 0.05) is 23.7 Å². The van der Waals surface area contributed by atoms with E-state index in [0.717, 1.165) is 40.7 Å². The Labute approximate surface area is 196 Å². The number of aromatic nitrogens is 5. The number of nitrogens with one attached hydrogen (secondary N) is 1. The molecule has 7 heteroatoms. The van der Waals surface area contributed by atoms with Gasteiger partial charge in [0.2, 0.25) is 0 Å². The fourth-order valence-electron chi connectivity index (χ4n) is 5.23. The van der Waals surface area contributed by atoms with Crippen molar-refractivity contribution in [2.45, 2.75) is 97.8 Å². The van der Waals surface area contributed by atoms with Gasteiger partial charge in [0.1, 0.15) is 0 Å². The number of H-pyrrole nitrogens is 1. The number of nitrogens with zero attached hydrogens (tertiary/aromatic N) is 5. The summed E-state index contributed by atoms with van der Waals surface area (Å²) in [6.07, 6.45) is 6.02. The number of fused-ring (bicyclic) bond motifs is 1. The third-order valence-corrected chi connectivity index (χ3v) is 6.86. The molecular formula is C26H38N6O. The van der Waals surface area contributed by atoms with E-state index < -0.39 is 0 Å². The third kappa shape index (κ3) is 5.03. The molecule has 0 spiro atoms. The van der Waals surface area contributed by atoms with E-state index in [1.54, 1.807) is 0 Å². The molecule has 2 aromatic heterocycles. The highest BCUT2D eigenvalue weighted by molar-refractivity contribution is 5.79. The van der Waals surface area contributed by atoms with Gasteiger partial charge < -0.3 is 4.98 Å². The van der Waals surface area contributed by atoms with Gasteiger partial charge in [-0.2, -0.15) is 0 Å². The van der Waals surface area contributed by atoms with Crippen LogP contribution in [0.25, 0.3) is 10.9 Å². The molecule has 0 unspecified atom stereocenters. The lowest BCUT2D eigenvalue weighted by Crippen LogP contribution is -2.44. The SMILES string of the molecule is Cc1ccc2cc(CN(C3CCCCC3)[C@@H](c3nnnn3C(C)(C)C)C(C)C)c(=O)[nH]c2c1. The van der Waals surface area contributed by atoms with Gasteiger partial charge in [0.25, 0.3) is 5.56 Å². The zero-order chi connectivity index (χ0) is 23.8. The number of aromatic amines is 1. The van der Waals surface area contributed by atoms with E-state index in [-0.39, 0.29) is 17.1 Å². The van der Waals surface area contributed by atoms with Gasteiger partial charge in [-0.3, -0.25) is 9.69 Å². The fourth-order valence-corrected chi connectivity index (χ4v) is 5.23. The molecule has 1 aromatic carbocycles. The quantitative estimate of drug-likeness (QED) is 0.564. The summed E-state index contributed by atoms with van der Waals surface area (Å²) in [6.45, 7) is 13.5. The van der Waals surface area contributed by atoms with Crippen molar-refractivity contribution >= 4 is 10.9 Å². The maximum atomic E-state index is 13.1. The van der Waals surface area contributed by atoms with Gasteiger partial charge in [-0.1, -0.05) is 45.2 Å². The smallest absolute Gasteiger partial charge is 0.252 e. The minimum absolute atomic E-state index is 0.00757. The van der Waals surface area contributed by atoms with Gasteiger partial charge in [-0.05, 0) is 80.0 Å². The maximum Gasteiger partial charge on any atom is 0.252 e. The molecule has 1 atom stereocenters. The van der Waals surface area contributed by atoms with Crippen molar-refractivity contribution in [3.05, 3.63) is 51.6 Å². The number of benzene rings is 1. The molecule has 178 valence electrons. The van der Waals surface area contributed by atoms with Crippen LogP contribution >= 0.6 is 0 Å². The second kappa shape index (κ2) is 9.37. The fraction of sp³-hybridized carbons (Fsp3) is 0.615. The molecule has 1 aliphatic carbocycles. The number of aryl methyl sites for hydroxylation is 1. The number of pyridine rings is 1. The largest absolute Gasteiger partial charge is 0.322 e. The Hall–Kier alpha value is -2.54. The zero-order valence-corrected chi connectivity index (χ0v) is 20.9. The van der Waals surface area contributed by atoms with Crippen molar-refractivity contribution in [2.75, 3.05) is 0 Å². The van der Waals surface area contributed by atoms with E-state index in [9.17, 15) is 4.79 Å². The van der Waals surface area contributed by atoms with E-state index in [1.807, 2.05) is 17.7 Å². The first-order chi connectivity index (χ1) is 15.6. The molecule has 0 bridgehead atoms. The highest BCUT2D eigenvalue weighted by Crippen LogP contribution is 2.36. The molecule has 1 N–H and O–H groups in total. The van der Waals surface area contributed by atoms with Crippen LogP contribution < -0.4 is 5.56 Å². The average Bonchev–Trinajstić information content (AvgIpc) is 3.24. The Morgan fingerprint density at radius 3 is 2.55 bits per heavy atom. The second-order valence-electron chi connectivity index (χ2n) is 11.0. The molecule has 1 fully saturated rings. The van der Waals surface area contributed by atoms with Crippen LogP contribution in [-0.2, 0) is 12.1 Å². The van der Waals surface area contributed by atoms with E-state index >= 15 is 0 Å². The van der Waals surface area contributed by atoms with Crippen molar-refractivity contribution < 1.29 is 0 Å². The van der Waals surface area contributed by atoms with Gasteiger partial charge in [-0.25, -0.2) is 4.68 Å². The van der Waals surface area contributed by atoms with Crippen LogP contribution in [0.5, 0.6) is 0 Å². The molecule has 0 radical (unpaired) electrons. The Balaban J connectivity index is 1.79. The molecule has 0 amide bonds. The van der Waals surface area contributed by atoms with Crippen LogP contribution in [0.4, 0.5) is 0 Å². The number of tetrazole rings is 1. The van der Waals surface area contributed by atoms with Crippen LogP contribution in [0, 0.1) is 12.8 Å². The molecule has 0 saturated heterocycles. The summed E-state index contributed by atoms with van der Waals surface area (Å²) in [5, 5.41) is 14.0. The van der Waals surface area contributed by atoms with E-state index in [0.29, 0.717) is 18.5 Å². The Morgan fingerprint density at radius 1 is 1.15 bits per heavy atom. The van der Waals surface area contributed by atoms with Crippen molar-refractivity contribution in [2.24, 2.45) is 5.92 Å². The van der Waals surface area contributed by atoms with Crippen LogP contribution in [0.3, 0.4) is 0 Å². The maximum absolute atomic E-state index is 13.1. The third-order valence-electron chi connectivity index (χ3n) is 6.86. The van der Waals surface area contributed by atoms with Crippen molar-refractivity contribution in [1.82, 2.24) is 30.1 Å². The first-order valence-electron chi connectivity index (χ1n) is 12.3.